The number of aryl methyl sites for hydroxylation is 1. The standard InChI is InChI=1S/C14H15N3O3/c18-11-6-2-1-4-9(11)8-12-15-13-7-3-5-10(14(19)20)17(13)16-12/h1-2,4,6,10,18H,3,5,7-8H2,(H,19,20). The molecule has 1 aliphatic heterocycles. The fourth-order valence-corrected chi connectivity index (χ4v) is 2.53. The molecule has 0 radical (unpaired) electrons. The fourth-order valence-electron chi connectivity index (χ4n) is 2.53. The summed E-state index contributed by atoms with van der Waals surface area (Å²) < 4.78 is 1.52. The number of carbonyl (C=O) groups is 1. The summed E-state index contributed by atoms with van der Waals surface area (Å²) in [5.41, 5.74) is 0.738. The molecule has 0 spiro atoms. The van der Waals surface area contributed by atoms with Crippen LogP contribution in [0.1, 0.15) is 36.1 Å². The van der Waals surface area contributed by atoms with Gasteiger partial charge in [0.2, 0.25) is 0 Å². The Morgan fingerprint density at radius 1 is 1.40 bits per heavy atom. The molecule has 6 heteroatoms. The van der Waals surface area contributed by atoms with E-state index in [4.69, 9.17) is 0 Å². The van der Waals surface area contributed by atoms with Crippen LogP contribution in [0.4, 0.5) is 0 Å². The van der Waals surface area contributed by atoms with E-state index in [-0.39, 0.29) is 5.75 Å². The first-order valence-corrected chi connectivity index (χ1v) is 6.59. The minimum absolute atomic E-state index is 0.204. The highest BCUT2D eigenvalue weighted by molar-refractivity contribution is 5.71. The summed E-state index contributed by atoms with van der Waals surface area (Å²) in [6.07, 6.45) is 2.55. The SMILES string of the molecule is O=C(O)C1CCCc2nc(Cc3ccccc3O)nn21. The Bertz CT molecular complexity index is 651. The third-order valence-electron chi connectivity index (χ3n) is 3.54. The van der Waals surface area contributed by atoms with Crippen LogP contribution in [0.15, 0.2) is 24.3 Å². The molecule has 1 atom stereocenters. The van der Waals surface area contributed by atoms with Crippen molar-refractivity contribution in [3.8, 4) is 5.75 Å². The zero-order valence-corrected chi connectivity index (χ0v) is 10.9. The minimum atomic E-state index is -0.870. The summed E-state index contributed by atoms with van der Waals surface area (Å²) >= 11 is 0. The first-order valence-electron chi connectivity index (χ1n) is 6.59. The average Bonchev–Trinajstić information content (AvgIpc) is 2.83. The molecule has 1 aromatic heterocycles. The van der Waals surface area contributed by atoms with Crippen LogP contribution in [0, 0.1) is 0 Å². The number of aromatic nitrogens is 3. The lowest BCUT2D eigenvalue weighted by Crippen LogP contribution is -2.26. The van der Waals surface area contributed by atoms with Crippen molar-refractivity contribution in [2.24, 2.45) is 0 Å². The number of para-hydroxylation sites is 1. The van der Waals surface area contributed by atoms with Gasteiger partial charge in [0.05, 0.1) is 0 Å². The topological polar surface area (TPSA) is 88.2 Å². The molecule has 0 amide bonds. The Morgan fingerprint density at radius 2 is 2.20 bits per heavy atom. The summed E-state index contributed by atoms with van der Waals surface area (Å²) in [5.74, 6) is 0.601. The van der Waals surface area contributed by atoms with Crippen molar-refractivity contribution in [1.82, 2.24) is 14.8 Å². The molecule has 2 aromatic rings. The maximum atomic E-state index is 11.2. The van der Waals surface area contributed by atoms with Gasteiger partial charge in [0.15, 0.2) is 11.9 Å². The van der Waals surface area contributed by atoms with Crippen molar-refractivity contribution >= 4 is 5.97 Å². The van der Waals surface area contributed by atoms with Gasteiger partial charge in [0, 0.05) is 18.4 Å². The van der Waals surface area contributed by atoms with E-state index in [9.17, 15) is 15.0 Å². The summed E-state index contributed by atoms with van der Waals surface area (Å²) in [7, 11) is 0. The van der Waals surface area contributed by atoms with Gasteiger partial charge in [-0.15, -0.1) is 0 Å². The molecule has 0 bridgehead atoms. The number of nitrogens with zero attached hydrogens (tertiary/aromatic N) is 3. The van der Waals surface area contributed by atoms with E-state index in [1.807, 2.05) is 12.1 Å². The third kappa shape index (κ3) is 2.24. The minimum Gasteiger partial charge on any atom is -0.508 e. The van der Waals surface area contributed by atoms with E-state index in [0.717, 1.165) is 18.4 Å². The number of rotatable bonds is 3. The zero-order chi connectivity index (χ0) is 14.1. The molecule has 1 aromatic carbocycles. The average molecular weight is 273 g/mol. The Labute approximate surface area is 115 Å². The van der Waals surface area contributed by atoms with Crippen LogP contribution in [-0.4, -0.2) is 30.9 Å². The molecule has 20 heavy (non-hydrogen) atoms. The number of benzene rings is 1. The van der Waals surface area contributed by atoms with Crippen LogP contribution in [-0.2, 0) is 17.6 Å². The highest BCUT2D eigenvalue weighted by Gasteiger charge is 2.28. The van der Waals surface area contributed by atoms with Crippen LogP contribution in [0.5, 0.6) is 5.75 Å². The molecule has 1 aliphatic rings. The predicted molar refractivity (Wildman–Crippen MR) is 70.5 cm³/mol. The Morgan fingerprint density at radius 3 is 2.95 bits per heavy atom. The highest BCUT2D eigenvalue weighted by atomic mass is 16.4. The number of carboxylic acids is 1. The number of hydrogen-bond acceptors (Lipinski definition) is 4. The number of phenols is 1. The van der Waals surface area contributed by atoms with Crippen LogP contribution in [0.2, 0.25) is 0 Å². The molecule has 0 saturated carbocycles. The van der Waals surface area contributed by atoms with E-state index in [2.05, 4.69) is 10.1 Å². The molecule has 0 fully saturated rings. The summed E-state index contributed by atoms with van der Waals surface area (Å²) in [6, 6.07) is 6.40. The van der Waals surface area contributed by atoms with Gasteiger partial charge in [-0.05, 0) is 18.9 Å². The quantitative estimate of drug-likeness (QED) is 0.885. The van der Waals surface area contributed by atoms with Crippen molar-refractivity contribution in [3.05, 3.63) is 41.5 Å². The van der Waals surface area contributed by atoms with E-state index >= 15 is 0 Å². The number of carboxylic acid groups (broad SMARTS) is 1. The number of aliphatic carboxylic acids is 1. The van der Waals surface area contributed by atoms with Crippen molar-refractivity contribution in [1.29, 1.82) is 0 Å². The largest absolute Gasteiger partial charge is 0.508 e. The molecular weight excluding hydrogens is 258 g/mol. The second-order valence-corrected chi connectivity index (χ2v) is 4.94. The number of phenolic OH excluding ortho intramolecular Hbond substituents is 1. The first kappa shape index (κ1) is 12.7. The van der Waals surface area contributed by atoms with Gasteiger partial charge in [-0.25, -0.2) is 14.5 Å². The molecule has 2 N–H and O–H groups in total. The molecule has 0 saturated heterocycles. The Balaban J connectivity index is 1.90. The molecule has 3 rings (SSSR count). The second kappa shape index (κ2) is 4.96. The normalized spacial score (nSPS) is 17.7. The molecule has 0 aliphatic carbocycles. The van der Waals surface area contributed by atoms with Crippen LogP contribution in [0.25, 0.3) is 0 Å². The van der Waals surface area contributed by atoms with Crippen molar-refractivity contribution < 1.29 is 15.0 Å². The maximum Gasteiger partial charge on any atom is 0.328 e. The number of hydrogen-bond donors (Lipinski definition) is 2. The number of fused-ring (bicyclic) bond motifs is 1. The van der Waals surface area contributed by atoms with Crippen LogP contribution in [0.3, 0.4) is 0 Å². The lowest BCUT2D eigenvalue weighted by Gasteiger charge is -2.19. The molecule has 104 valence electrons. The lowest BCUT2D eigenvalue weighted by molar-refractivity contribution is -0.141. The van der Waals surface area contributed by atoms with Gasteiger partial charge in [-0.2, -0.15) is 5.10 Å². The highest BCUT2D eigenvalue weighted by Crippen LogP contribution is 2.25. The van der Waals surface area contributed by atoms with Crippen molar-refractivity contribution in [2.45, 2.75) is 31.7 Å². The van der Waals surface area contributed by atoms with Gasteiger partial charge in [0.1, 0.15) is 11.6 Å². The van der Waals surface area contributed by atoms with E-state index in [1.165, 1.54) is 4.68 Å². The van der Waals surface area contributed by atoms with Gasteiger partial charge < -0.3 is 10.2 Å². The zero-order valence-electron chi connectivity index (χ0n) is 10.9. The fraction of sp³-hybridized carbons (Fsp3) is 0.357. The Hall–Kier alpha value is -2.37. The Kier molecular flexibility index (Phi) is 3.14. The molecular formula is C14H15N3O3. The van der Waals surface area contributed by atoms with E-state index in [1.54, 1.807) is 12.1 Å². The summed E-state index contributed by atoms with van der Waals surface area (Å²) in [5, 5.41) is 23.3. The van der Waals surface area contributed by atoms with Crippen LogP contribution >= 0.6 is 0 Å². The summed E-state index contributed by atoms with van der Waals surface area (Å²) in [4.78, 5) is 15.6. The molecule has 1 unspecified atom stereocenters. The third-order valence-corrected chi connectivity index (χ3v) is 3.54. The predicted octanol–water partition coefficient (Wildman–Crippen LogP) is 1.54. The van der Waals surface area contributed by atoms with Crippen molar-refractivity contribution in [2.75, 3.05) is 0 Å². The summed E-state index contributed by atoms with van der Waals surface area (Å²) in [6.45, 7) is 0. The van der Waals surface area contributed by atoms with Crippen LogP contribution < -0.4 is 0 Å². The smallest absolute Gasteiger partial charge is 0.328 e. The van der Waals surface area contributed by atoms with E-state index < -0.39 is 12.0 Å². The molecule has 2 heterocycles. The molecule has 6 nitrogen and oxygen atoms in total. The van der Waals surface area contributed by atoms with E-state index in [0.29, 0.717) is 24.5 Å². The lowest BCUT2D eigenvalue weighted by atomic mass is 10.1. The van der Waals surface area contributed by atoms with Gasteiger partial charge >= 0.3 is 5.97 Å². The van der Waals surface area contributed by atoms with Gasteiger partial charge in [-0.3, -0.25) is 0 Å². The van der Waals surface area contributed by atoms with Gasteiger partial charge in [-0.1, -0.05) is 18.2 Å². The van der Waals surface area contributed by atoms with Crippen molar-refractivity contribution in [3.63, 3.8) is 0 Å². The number of aromatic hydroxyl groups is 1. The maximum absolute atomic E-state index is 11.2. The second-order valence-electron chi connectivity index (χ2n) is 4.94. The first-order chi connectivity index (χ1) is 9.65. The monoisotopic (exact) mass is 273 g/mol. The van der Waals surface area contributed by atoms with Gasteiger partial charge in [0.25, 0.3) is 0 Å².